The van der Waals surface area contributed by atoms with E-state index in [9.17, 15) is 4.39 Å². The Morgan fingerprint density at radius 2 is 1.95 bits per heavy atom. The van der Waals surface area contributed by atoms with Gasteiger partial charge in [-0.05, 0) is 80.7 Å². The Labute approximate surface area is 137 Å². The molecule has 1 nitrogen and oxygen atoms in total. The number of benzene rings is 1. The van der Waals surface area contributed by atoms with Crippen LogP contribution in [0.1, 0.15) is 22.7 Å². The zero-order valence-electron chi connectivity index (χ0n) is 10.2. The molecule has 1 atom stereocenters. The molecular weight excluding hydrogens is 416 g/mol. The quantitative estimate of drug-likeness (QED) is 0.664. The van der Waals surface area contributed by atoms with Crippen LogP contribution in [0.3, 0.4) is 0 Å². The third kappa shape index (κ3) is 3.22. The molecule has 0 fully saturated rings. The molecular formula is C13H11Br2ClFNS. The van der Waals surface area contributed by atoms with Crippen LogP contribution in [0.25, 0.3) is 0 Å². The van der Waals surface area contributed by atoms with Crippen LogP contribution in [0.4, 0.5) is 4.39 Å². The van der Waals surface area contributed by atoms with Gasteiger partial charge in [0.25, 0.3) is 0 Å². The summed E-state index contributed by atoms with van der Waals surface area (Å²) in [6.07, 6.45) is 0. The van der Waals surface area contributed by atoms with E-state index in [2.05, 4.69) is 37.2 Å². The first-order valence-corrected chi connectivity index (χ1v) is 8.29. The number of hydrogen-bond donors (Lipinski definition) is 1. The van der Waals surface area contributed by atoms with Crippen molar-refractivity contribution in [3.63, 3.8) is 0 Å². The van der Waals surface area contributed by atoms with Crippen LogP contribution in [-0.4, -0.2) is 7.05 Å². The maximum Gasteiger partial charge on any atom is 0.127 e. The number of nitrogens with one attached hydrogen (secondary N) is 1. The number of hydrogen-bond acceptors (Lipinski definition) is 2. The lowest BCUT2D eigenvalue weighted by Gasteiger charge is -2.18. The van der Waals surface area contributed by atoms with Crippen molar-refractivity contribution in [2.24, 2.45) is 0 Å². The third-order valence-electron chi connectivity index (χ3n) is 2.87. The van der Waals surface area contributed by atoms with E-state index in [4.69, 9.17) is 11.6 Å². The van der Waals surface area contributed by atoms with E-state index in [1.165, 1.54) is 6.07 Å². The Balaban J connectivity index is 2.54. The van der Waals surface area contributed by atoms with Gasteiger partial charge in [0.05, 0.1) is 13.6 Å². The van der Waals surface area contributed by atoms with Crippen molar-refractivity contribution in [2.75, 3.05) is 7.05 Å². The molecule has 0 aliphatic rings. The van der Waals surface area contributed by atoms with Gasteiger partial charge in [0, 0.05) is 5.02 Å². The van der Waals surface area contributed by atoms with Gasteiger partial charge in [0.2, 0.25) is 0 Å². The van der Waals surface area contributed by atoms with Crippen molar-refractivity contribution in [2.45, 2.75) is 13.0 Å². The smallest absolute Gasteiger partial charge is 0.127 e. The zero-order valence-corrected chi connectivity index (χ0v) is 15.0. The molecule has 1 aromatic carbocycles. The molecule has 0 radical (unpaired) electrons. The van der Waals surface area contributed by atoms with Gasteiger partial charge in [-0.15, -0.1) is 11.3 Å². The molecule has 102 valence electrons. The second kappa shape index (κ2) is 6.22. The van der Waals surface area contributed by atoms with E-state index in [1.54, 1.807) is 24.3 Å². The van der Waals surface area contributed by atoms with Gasteiger partial charge in [0.15, 0.2) is 0 Å². The molecule has 0 saturated heterocycles. The van der Waals surface area contributed by atoms with Crippen molar-refractivity contribution < 1.29 is 4.39 Å². The topological polar surface area (TPSA) is 12.0 Å². The monoisotopic (exact) mass is 425 g/mol. The molecule has 1 aromatic heterocycles. The minimum Gasteiger partial charge on any atom is -0.309 e. The molecule has 1 unspecified atom stereocenters. The molecule has 0 spiro atoms. The Morgan fingerprint density at radius 3 is 2.47 bits per heavy atom. The van der Waals surface area contributed by atoms with Crippen LogP contribution in [-0.2, 0) is 0 Å². The average Bonchev–Trinajstić information content (AvgIpc) is 2.66. The maximum absolute atomic E-state index is 13.5. The van der Waals surface area contributed by atoms with E-state index in [1.807, 2.05) is 13.1 Å². The van der Waals surface area contributed by atoms with Crippen molar-refractivity contribution in [3.8, 4) is 0 Å². The summed E-state index contributed by atoms with van der Waals surface area (Å²) >= 11 is 14.8. The van der Waals surface area contributed by atoms with Gasteiger partial charge in [0.1, 0.15) is 5.82 Å². The summed E-state index contributed by atoms with van der Waals surface area (Å²) in [7, 11) is 1.86. The molecule has 0 aliphatic heterocycles. The lowest BCUT2D eigenvalue weighted by atomic mass is 9.99. The minimum absolute atomic E-state index is 0.0799. The summed E-state index contributed by atoms with van der Waals surface area (Å²) in [6.45, 7) is 1.74. The molecule has 0 amide bonds. The number of aryl methyl sites for hydroxylation is 1. The van der Waals surface area contributed by atoms with Gasteiger partial charge >= 0.3 is 0 Å². The van der Waals surface area contributed by atoms with Crippen molar-refractivity contribution in [3.05, 3.63) is 53.3 Å². The van der Waals surface area contributed by atoms with Gasteiger partial charge in [-0.3, -0.25) is 0 Å². The molecule has 2 rings (SSSR count). The van der Waals surface area contributed by atoms with Crippen LogP contribution in [0.2, 0.25) is 5.02 Å². The number of thiophene rings is 1. The molecule has 0 bridgehead atoms. The highest BCUT2D eigenvalue weighted by molar-refractivity contribution is 9.12. The molecule has 1 heterocycles. The summed E-state index contributed by atoms with van der Waals surface area (Å²) in [5.41, 5.74) is 2.53. The fraction of sp³-hybridized carbons (Fsp3) is 0.231. The summed E-state index contributed by atoms with van der Waals surface area (Å²) in [6, 6.07) is 5.11. The lowest BCUT2D eigenvalue weighted by Crippen LogP contribution is -2.18. The fourth-order valence-corrected chi connectivity index (χ4v) is 5.09. The summed E-state index contributed by atoms with van der Waals surface area (Å²) in [5.74, 6) is -0.283. The second-order valence-corrected chi connectivity index (χ2v) is 8.28. The van der Waals surface area contributed by atoms with E-state index < -0.39 is 0 Å². The van der Waals surface area contributed by atoms with Gasteiger partial charge in [-0.25, -0.2) is 4.39 Å². The van der Waals surface area contributed by atoms with Crippen LogP contribution in [0.5, 0.6) is 0 Å². The number of halogens is 4. The predicted octanol–water partition coefficient (Wildman–Crippen LogP) is 5.68. The highest BCUT2D eigenvalue weighted by Gasteiger charge is 2.21. The van der Waals surface area contributed by atoms with E-state index in [-0.39, 0.29) is 11.9 Å². The minimum atomic E-state index is -0.283. The Hall–Kier alpha value is 0.0600. The van der Waals surface area contributed by atoms with Crippen LogP contribution >= 0.6 is 54.8 Å². The first kappa shape index (κ1) is 15.4. The van der Waals surface area contributed by atoms with Gasteiger partial charge in [-0.1, -0.05) is 11.6 Å². The SMILES string of the molecule is CNC(c1cc(C)c(F)cc1Cl)c1cc(Br)sc1Br. The highest BCUT2D eigenvalue weighted by Crippen LogP contribution is 2.39. The number of rotatable bonds is 3. The summed E-state index contributed by atoms with van der Waals surface area (Å²) in [5, 5.41) is 3.65. The molecule has 0 saturated carbocycles. The Morgan fingerprint density at radius 1 is 1.26 bits per heavy atom. The largest absolute Gasteiger partial charge is 0.309 e. The van der Waals surface area contributed by atoms with Crippen molar-refractivity contribution >= 4 is 54.8 Å². The van der Waals surface area contributed by atoms with E-state index >= 15 is 0 Å². The average molecular weight is 428 g/mol. The summed E-state index contributed by atoms with van der Waals surface area (Å²) in [4.78, 5) is 0. The van der Waals surface area contributed by atoms with Crippen LogP contribution < -0.4 is 5.32 Å². The van der Waals surface area contributed by atoms with Crippen LogP contribution in [0.15, 0.2) is 25.8 Å². The molecule has 6 heteroatoms. The Bertz CT molecular complexity index is 615. The molecule has 19 heavy (non-hydrogen) atoms. The van der Waals surface area contributed by atoms with Crippen molar-refractivity contribution in [1.82, 2.24) is 5.32 Å². The first-order valence-electron chi connectivity index (χ1n) is 5.51. The molecule has 1 N–H and O–H groups in total. The zero-order chi connectivity index (χ0) is 14.2. The van der Waals surface area contributed by atoms with E-state index in [0.717, 1.165) is 18.7 Å². The molecule has 0 aliphatic carbocycles. The highest BCUT2D eigenvalue weighted by atomic mass is 79.9. The molecule has 2 aromatic rings. The first-order chi connectivity index (χ1) is 8.93. The second-order valence-electron chi connectivity index (χ2n) is 4.12. The van der Waals surface area contributed by atoms with Crippen LogP contribution in [0, 0.1) is 12.7 Å². The normalized spacial score (nSPS) is 12.7. The lowest BCUT2D eigenvalue weighted by molar-refractivity contribution is 0.614. The maximum atomic E-state index is 13.5. The van der Waals surface area contributed by atoms with E-state index in [0.29, 0.717) is 10.6 Å². The standard InChI is InChI=1S/C13H11Br2ClFNS/c1-6-3-7(9(16)5-10(6)17)12(18-2)8-4-11(14)19-13(8)15/h3-5,12,18H,1-2H3. The third-order valence-corrected chi connectivity index (χ3v) is 5.58. The van der Waals surface area contributed by atoms with Crippen molar-refractivity contribution in [1.29, 1.82) is 0 Å². The Kier molecular flexibility index (Phi) is 5.06. The van der Waals surface area contributed by atoms with Gasteiger partial charge < -0.3 is 5.32 Å². The summed E-state index contributed by atoms with van der Waals surface area (Å²) < 4.78 is 15.6. The predicted molar refractivity (Wildman–Crippen MR) is 86.8 cm³/mol. The van der Waals surface area contributed by atoms with Gasteiger partial charge in [-0.2, -0.15) is 0 Å². The fourth-order valence-electron chi connectivity index (χ4n) is 1.93.